The Hall–Kier alpha value is -2.34. The second-order valence-corrected chi connectivity index (χ2v) is 6.24. The Morgan fingerprint density at radius 3 is 3.04 bits per heavy atom. The van der Waals surface area contributed by atoms with Gasteiger partial charge in [-0.25, -0.2) is 0 Å². The maximum atomic E-state index is 12.4. The predicted molar refractivity (Wildman–Crippen MR) is 91.0 cm³/mol. The summed E-state index contributed by atoms with van der Waals surface area (Å²) in [6.07, 6.45) is 1.78. The molecule has 1 aromatic heterocycles. The van der Waals surface area contributed by atoms with E-state index in [0.29, 0.717) is 12.3 Å². The van der Waals surface area contributed by atoms with Crippen LogP contribution in [0.3, 0.4) is 0 Å². The van der Waals surface area contributed by atoms with Crippen LogP contribution in [0.1, 0.15) is 36.3 Å². The fourth-order valence-corrected chi connectivity index (χ4v) is 2.83. The molecule has 2 heterocycles. The van der Waals surface area contributed by atoms with Gasteiger partial charge in [-0.05, 0) is 35.7 Å². The van der Waals surface area contributed by atoms with Crippen molar-refractivity contribution in [1.29, 1.82) is 0 Å². The zero-order chi connectivity index (χ0) is 17.1. The highest BCUT2D eigenvalue weighted by Crippen LogP contribution is 2.29. The fourth-order valence-electron chi connectivity index (χ4n) is 2.83. The number of aliphatic hydroxyl groups excluding tert-OH is 1. The highest BCUT2D eigenvalue weighted by atomic mass is 16.5. The van der Waals surface area contributed by atoms with Crippen LogP contribution in [0.4, 0.5) is 0 Å². The number of H-pyrrole nitrogens is 1. The van der Waals surface area contributed by atoms with Crippen LogP contribution >= 0.6 is 0 Å². The van der Waals surface area contributed by atoms with Crippen molar-refractivity contribution in [2.45, 2.75) is 32.7 Å². The highest BCUT2D eigenvalue weighted by Gasteiger charge is 2.20. The third-order valence-electron chi connectivity index (χ3n) is 4.65. The number of carbonyl (C=O) groups is 1. The first kappa shape index (κ1) is 16.5. The van der Waals surface area contributed by atoms with Gasteiger partial charge in [0.1, 0.15) is 11.4 Å². The molecule has 0 radical (unpaired) electrons. The van der Waals surface area contributed by atoms with E-state index in [4.69, 9.17) is 4.74 Å². The summed E-state index contributed by atoms with van der Waals surface area (Å²) in [5.74, 6) is 0.877. The third-order valence-corrected chi connectivity index (χ3v) is 4.65. The molecule has 1 aliphatic rings. The van der Waals surface area contributed by atoms with Crippen molar-refractivity contribution < 1.29 is 14.6 Å². The van der Waals surface area contributed by atoms with Gasteiger partial charge in [-0.3, -0.25) is 9.89 Å². The molecule has 1 amide bonds. The average molecular weight is 329 g/mol. The van der Waals surface area contributed by atoms with Crippen LogP contribution in [0.2, 0.25) is 0 Å². The van der Waals surface area contributed by atoms with Gasteiger partial charge in [0.25, 0.3) is 5.91 Å². The molecule has 3 rings (SSSR count). The summed E-state index contributed by atoms with van der Waals surface area (Å²) < 4.78 is 5.51. The van der Waals surface area contributed by atoms with Gasteiger partial charge in [0, 0.05) is 12.0 Å². The first-order valence-corrected chi connectivity index (χ1v) is 8.35. The molecule has 6 nitrogen and oxygen atoms in total. The lowest BCUT2D eigenvalue weighted by Gasteiger charge is -2.21. The quantitative estimate of drug-likeness (QED) is 0.758. The van der Waals surface area contributed by atoms with Crippen molar-refractivity contribution >= 4 is 5.91 Å². The van der Waals surface area contributed by atoms with Gasteiger partial charge in [-0.2, -0.15) is 5.10 Å². The Bertz CT molecular complexity index is 726. The summed E-state index contributed by atoms with van der Waals surface area (Å²) in [7, 11) is 0. The zero-order valence-electron chi connectivity index (χ0n) is 14.0. The Balaban J connectivity index is 1.74. The number of hydrogen-bond donors (Lipinski definition) is 3. The van der Waals surface area contributed by atoms with Crippen LogP contribution in [0.25, 0.3) is 11.3 Å². The van der Waals surface area contributed by atoms with Crippen LogP contribution in [0, 0.1) is 5.92 Å². The lowest BCUT2D eigenvalue weighted by Crippen LogP contribution is -2.42. The monoisotopic (exact) mass is 329 g/mol. The van der Waals surface area contributed by atoms with Crippen LogP contribution in [0.15, 0.2) is 24.3 Å². The highest BCUT2D eigenvalue weighted by molar-refractivity contribution is 5.93. The number of aromatic amines is 1. The molecule has 0 aliphatic carbocycles. The minimum Gasteiger partial charge on any atom is -0.493 e. The van der Waals surface area contributed by atoms with Crippen molar-refractivity contribution in [3.8, 4) is 17.0 Å². The summed E-state index contributed by atoms with van der Waals surface area (Å²) in [5, 5.41) is 19.3. The van der Waals surface area contributed by atoms with E-state index in [1.54, 1.807) is 6.07 Å². The summed E-state index contributed by atoms with van der Waals surface area (Å²) in [5.41, 5.74) is 3.23. The molecule has 0 bridgehead atoms. The number of nitrogens with zero attached hydrogens (tertiary/aromatic N) is 1. The zero-order valence-corrected chi connectivity index (χ0v) is 14.0. The van der Waals surface area contributed by atoms with E-state index in [9.17, 15) is 9.90 Å². The number of fused-ring (bicyclic) bond motifs is 1. The summed E-state index contributed by atoms with van der Waals surface area (Å²) in [4.78, 5) is 12.4. The summed E-state index contributed by atoms with van der Waals surface area (Å²) in [6, 6.07) is 7.41. The first-order chi connectivity index (χ1) is 11.6. The van der Waals surface area contributed by atoms with Crippen molar-refractivity contribution in [2.24, 2.45) is 5.92 Å². The van der Waals surface area contributed by atoms with Gasteiger partial charge in [-0.15, -0.1) is 0 Å². The van der Waals surface area contributed by atoms with Crippen molar-refractivity contribution in [2.75, 3.05) is 13.2 Å². The second-order valence-electron chi connectivity index (χ2n) is 6.24. The SMILES string of the molecule is CC[C@H](C)[C@@H](CO)NC(=O)c1cc(-c2ccc3c(c2)CCO3)n[nH]1. The van der Waals surface area contributed by atoms with E-state index in [1.165, 1.54) is 5.56 Å². The van der Waals surface area contributed by atoms with Gasteiger partial charge in [0.15, 0.2) is 0 Å². The van der Waals surface area contributed by atoms with Gasteiger partial charge >= 0.3 is 0 Å². The Kier molecular flexibility index (Phi) is 4.85. The molecule has 0 saturated heterocycles. The number of benzene rings is 1. The van der Waals surface area contributed by atoms with Gasteiger partial charge in [0.2, 0.25) is 0 Å². The fraction of sp³-hybridized carbons (Fsp3) is 0.444. The molecule has 0 spiro atoms. The van der Waals surface area contributed by atoms with Crippen molar-refractivity contribution in [3.63, 3.8) is 0 Å². The minimum atomic E-state index is -0.258. The molecule has 0 saturated carbocycles. The van der Waals surface area contributed by atoms with Crippen LogP contribution in [0.5, 0.6) is 5.75 Å². The van der Waals surface area contributed by atoms with Crippen LogP contribution in [-0.2, 0) is 6.42 Å². The smallest absolute Gasteiger partial charge is 0.269 e. The molecule has 0 fully saturated rings. The number of hydrogen-bond acceptors (Lipinski definition) is 4. The summed E-state index contributed by atoms with van der Waals surface area (Å²) >= 11 is 0. The van der Waals surface area contributed by atoms with Crippen LogP contribution < -0.4 is 10.1 Å². The standard InChI is InChI=1S/C18H23N3O3/c1-3-11(2)16(10-22)19-18(23)15-9-14(20-21-15)12-4-5-17-13(8-12)6-7-24-17/h4-5,8-9,11,16,22H,3,6-7,10H2,1-2H3,(H,19,23)(H,20,21)/t11-,16+/m0/s1. The number of nitrogens with one attached hydrogen (secondary N) is 2. The normalized spacial score (nSPS) is 15.5. The largest absolute Gasteiger partial charge is 0.493 e. The van der Waals surface area contributed by atoms with Gasteiger partial charge < -0.3 is 15.2 Å². The van der Waals surface area contributed by atoms with E-state index in [-0.39, 0.29) is 24.5 Å². The Morgan fingerprint density at radius 1 is 1.46 bits per heavy atom. The molecular formula is C18H23N3O3. The average Bonchev–Trinajstić information content (AvgIpc) is 3.26. The number of aliphatic hydroxyl groups is 1. The lowest BCUT2D eigenvalue weighted by atomic mass is 10.00. The first-order valence-electron chi connectivity index (χ1n) is 8.35. The molecule has 2 aromatic rings. The van der Waals surface area contributed by atoms with E-state index in [1.807, 2.05) is 26.0 Å². The number of ether oxygens (including phenoxy) is 1. The molecule has 1 aliphatic heterocycles. The molecule has 2 atom stereocenters. The molecule has 0 unspecified atom stereocenters. The lowest BCUT2D eigenvalue weighted by molar-refractivity contribution is 0.0886. The number of carbonyl (C=O) groups excluding carboxylic acids is 1. The number of rotatable bonds is 6. The topological polar surface area (TPSA) is 87.2 Å². The molecule has 6 heteroatoms. The van der Waals surface area contributed by atoms with Gasteiger partial charge in [-0.1, -0.05) is 20.3 Å². The Labute approximate surface area is 141 Å². The molecule has 128 valence electrons. The third kappa shape index (κ3) is 3.28. The van der Waals surface area contributed by atoms with Gasteiger partial charge in [0.05, 0.1) is 24.9 Å². The van der Waals surface area contributed by atoms with E-state index in [2.05, 4.69) is 21.6 Å². The van der Waals surface area contributed by atoms with Crippen LogP contribution in [-0.4, -0.2) is 40.5 Å². The van der Waals surface area contributed by atoms with E-state index < -0.39 is 0 Å². The number of amides is 1. The Morgan fingerprint density at radius 2 is 2.29 bits per heavy atom. The minimum absolute atomic E-state index is 0.0768. The number of aromatic nitrogens is 2. The van der Waals surface area contributed by atoms with E-state index >= 15 is 0 Å². The molecule has 1 aromatic carbocycles. The molecular weight excluding hydrogens is 306 g/mol. The molecule has 3 N–H and O–H groups in total. The predicted octanol–water partition coefficient (Wildman–Crippen LogP) is 2.15. The summed E-state index contributed by atoms with van der Waals surface area (Å²) in [6.45, 7) is 4.68. The van der Waals surface area contributed by atoms with Crippen molar-refractivity contribution in [3.05, 3.63) is 35.5 Å². The second kappa shape index (κ2) is 7.05. The molecule has 24 heavy (non-hydrogen) atoms. The maximum absolute atomic E-state index is 12.4. The van der Waals surface area contributed by atoms with E-state index in [0.717, 1.165) is 29.8 Å². The van der Waals surface area contributed by atoms with Crippen molar-refractivity contribution in [1.82, 2.24) is 15.5 Å². The maximum Gasteiger partial charge on any atom is 0.269 e.